The first kappa shape index (κ1) is 16.9. The minimum Gasteiger partial charge on any atom is -0.367 e. The molecule has 4 rings (SSSR count). The molecule has 0 spiro atoms. The second-order valence-corrected chi connectivity index (χ2v) is 6.98. The zero-order chi connectivity index (χ0) is 18.1. The summed E-state index contributed by atoms with van der Waals surface area (Å²) in [6.07, 6.45) is 1.71. The zero-order valence-corrected chi connectivity index (χ0v) is 15.3. The second kappa shape index (κ2) is 6.97. The Bertz CT molecular complexity index is 946. The summed E-state index contributed by atoms with van der Waals surface area (Å²) in [7, 11) is 2.12. The van der Waals surface area contributed by atoms with Gasteiger partial charge in [-0.2, -0.15) is 5.10 Å². The van der Waals surface area contributed by atoms with Gasteiger partial charge < -0.3 is 15.1 Å². The molecule has 1 amide bonds. The number of anilines is 2. The summed E-state index contributed by atoms with van der Waals surface area (Å²) in [6.45, 7) is 3.81. The minimum atomic E-state index is -0.183. The van der Waals surface area contributed by atoms with E-state index < -0.39 is 0 Å². The van der Waals surface area contributed by atoms with Gasteiger partial charge in [0.25, 0.3) is 5.91 Å². The largest absolute Gasteiger partial charge is 0.367 e. The molecule has 2 heterocycles. The van der Waals surface area contributed by atoms with E-state index in [1.807, 2.05) is 24.3 Å². The first-order chi connectivity index (χ1) is 12.6. The number of fused-ring (bicyclic) bond motifs is 1. The Hall–Kier alpha value is -2.57. The van der Waals surface area contributed by atoms with Crippen LogP contribution in [0.5, 0.6) is 0 Å². The molecule has 0 aliphatic carbocycles. The lowest BCUT2D eigenvalue weighted by Crippen LogP contribution is -2.44. The van der Waals surface area contributed by atoms with Crippen molar-refractivity contribution in [2.24, 2.45) is 0 Å². The molecule has 0 bridgehead atoms. The minimum absolute atomic E-state index is 0.183. The van der Waals surface area contributed by atoms with Gasteiger partial charge in [-0.3, -0.25) is 9.89 Å². The maximum absolute atomic E-state index is 12.9. The normalized spacial score (nSPS) is 15.4. The topological polar surface area (TPSA) is 64.3 Å². The molecule has 26 heavy (non-hydrogen) atoms. The van der Waals surface area contributed by atoms with Crippen molar-refractivity contribution in [1.29, 1.82) is 0 Å². The van der Waals surface area contributed by atoms with Crippen LogP contribution in [0.15, 0.2) is 42.6 Å². The molecular weight excluding hydrogens is 350 g/mol. The van der Waals surface area contributed by atoms with Gasteiger partial charge in [0.2, 0.25) is 0 Å². The van der Waals surface area contributed by atoms with E-state index in [1.54, 1.807) is 18.3 Å². The number of para-hydroxylation sites is 1. The smallest absolute Gasteiger partial charge is 0.257 e. The number of hydrogen-bond acceptors (Lipinski definition) is 4. The third-order valence-electron chi connectivity index (χ3n) is 4.77. The number of hydrogen-bond donors (Lipinski definition) is 2. The highest BCUT2D eigenvalue weighted by Crippen LogP contribution is 2.31. The Balaban J connectivity index is 1.64. The van der Waals surface area contributed by atoms with Crippen molar-refractivity contribution in [2.75, 3.05) is 43.4 Å². The lowest BCUT2D eigenvalue weighted by Gasteiger charge is -2.35. The van der Waals surface area contributed by atoms with Crippen molar-refractivity contribution in [1.82, 2.24) is 15.1 Å². The van der Waals surface area contributed by atoms with Crippen molar-refractivity contribution in [2.45, 2.75) is 0 Å². The summed E-state index contributed by atoms with van der Waals surface area (Å²) in [5.41, 5.74) is 3.01. The summed E-state index contributed by atoms with van der Waals surface area (Å²) >= 11 is 6.19. The maximum Gasteiger partial charge on any atom is 0.257 e. The van der Waals surface area contributed by atoms with Gasteiger partial charge >= 0.3 is 0 Å². The second-order valence-electron chi connectivity index (χ2n) is 6.55. The maximum atomic E-state index is 12.9. The summed E-state index contributed by atoms with van der Waals surface area (Å²) < 4.78 is 0. The number of benzene rings is 2. The Morgan fingerprint density at radius 1 is 1.19 bits per heavy atom. The number of nitrogens with zero attached hydrogens (tertiary/aromatic N) is 3. The van der Waals surface area contributed by atoms with E-state index in [4.69, 9.17) is 11.6 Å². The monoisotopic (exact) mass is 369 g/mol. The van der Waals surface area contributed by atoms with E-state index in [2.05, 4.69) is 32.4 Å². The predicted octanol–water partition coefficient (Wildman–Crippen LogP) is 3.22. The summed E-state index contributed by atoms with van der Waals surface area (Å²) in [4.78, 5) is 17.5. The van der Waals surface area contributed by atoms with Gasteiger partial charge in [-0.15, -0.1) is 0 Å². The van der Waals surface area contributed by atoms with Gasteiger partial charge in [0, 0.05) is 36.6 Å². The van der Waals surface area contributed by atoms with Crippen LogP contribution in [0.1, 0.15) is 10.4 Å². The molecule has 0 saturated carbocycles. The molecule has 2 aromatic carbocycles. The van der Waals surface area contributed by atoms with E-state index >= 15 is 0 Å². The number of H-pyrrole nitrogens is 1. The zero-order valence-electron chi connectivity index (χ0n) is 14.5. The molecule has 0 unspecified atom stereocenters. The number of amides is 1. The van der Waals surface area contributed by atoms with E-state index in [-0.39, 0.29) is 5.91 Å². The molecule has 1 saturated heterocycles. The molecular formula is C19H20ClN5O. The molecule has 6 nitrogen and oxygen atoms in total. The highest BCUT2D eigenvalue weighted by molar-refractivity contribution is 6.31. The summed E-state index contributed by atoms with van der Waals surface area (Å²) in [5.74, 6) is -0.183. The third kappa shape index (κ3) is 3.25. The van der Waals surface area contributed by atoms with Gasteiger partial charge in [0.1, 0.15) is 0 Å². The molecule has 2 N–H and O–H groups in total. The van der Waals surface area contributed by atoms with Crippen LogP contribution in [0.25, 0.3) is 10.9 Å². The van der Waals surface area contributed by atoms with Gasteiger partial charge in [-0.25, -0.2) is 0 Å². The van der Waals surface area contributed by atoms with Crippen LogP contribution in [-0.2, 0) is 0 Å². The summed E-state index contributed by atoms with van der Waals surface area (Å²) in [5, 5.41) is 11.5. The molecule has 1 aliphatic rings. The number of likely N-dealkylation sites (N-methyl/N-ethyl adjacent to an activating group) is 1. The molecule has 0 atom stereocenters. The molecule has 3 aromatic rings. The van der Waals surface area contributed by atoms with Crippen LogP contribution in [0.4, 0.5) is 11.4 Å². The van der Waals surface area contributed by atoms with Crippen LogP contribution in [-0.4, -0.2) is 54.2 Å². The highest BCUT2D eigenvalue weighted by Gasteiger charge is 2.19. The molecule has 7 heteroatoms. The third-order valence-corrected chi connectivity index (χ3v) is 5.01. The van der Waals surface area contributed by atoms with Gasteiger partial charge in [0.05, 0.1) is 28.7 Å². The highest BCUT2D eigenvalue weighted by atomic mass is 35.5. The fourth-order valence-electron chi connectivity index (χ4n) is 3.28. The number of carbonyl (C=O) groups is 1. The van der Waals surface area contributed by atoms with Crippen molar-refractivity contribution in [3.8, 4) is 0 Å². The van der Waals surface area contributed by atoms with Crippen molar-refractivity contribution >= 4 is 39.8 Å². The fourth-order valence-corrected chi connectivity index (χ4v) is 3.45. The lowest BCUT2D eigenvalue weighted by molar-refractivity contribution is 0.102. The number of aromatic amines is 1. The van der Waals surface area contributed by atoms with Crippen molar-refractivity contribution < 1.29 is 4.79 Å². The van der Waals surface area contributed by atoms with Crippen molar-refractivity contribution in [3.05, 3.63) is 53.2 Å². The average molecular weight is 370 g/mol. The van der Waals surface area contributed by atoms with Crippen LogP contribution < -0.4 is 10.2 Å². The fraction of sp³-hybridized carbons (Fsp3) is 0.263. The predicted molar refractivity (Wildman–Crippen MR) is 105 cm³/mol. The van der Waals surface area contributed by atoms with E-state index in [0.717, 1.165) is 48.5 Å². The number of piperazine rings is 1. The number of halogens is 1. The van der Waals surface area contributed by atoms with Crippen LogP contribution in [0.2, 0.25) is 5.02 Å². The van der Waals surface area contributed by atoms with Crippen LogP contribution in [0.3, 0.4) is 0 Å². The van der Waals surface area contributed by atoms with Crippen LogP contribution in [0, 0.1) is 0 Å². The number of rotatable bonds is 3. The SMILES string of the molecule is CN1CCN(c2ccc(Cl)cc2NC(=O)c2cccc3cn[nH]c23)CC1. The molecule has 1 fully saturated rings. The average Bonchev–Trinajstić information content (AvgIpc) is 3.11. The standard InChI is InChI=1S/C19H20ClN5O/c1-24-7-9-25(10-8-24)17-6-5-14(20)11-16(17)22-19(26)15-4-2-3-13-12-21-23-18(13)15/h2-6,11-12H,7-10H2,1H3,(H,21,23)(H,22,26). The molecule has 134 valence electrons. The quantitative estimate of drug-likeness (QED) is 0.744. The number of carbonyl (C=O) groups excluding carboxylic acids is 1. The molecule has 1 aliphatic heterocycles. The molecule has 1 aromatic heterocycles. The first-order valence-electron chi connectivity index (χ1n) is 8.58. The van der Waals surface area contributed by atoms with Gasteiger partial charge in [-0.05, 0) is 31.3 Å². The Kier molecular flexibility index (Phi) is 4.53. The Morgan fingerprint density at radius 3 is 2.81 bits per heavy atom. The lowest BCUT2D eigenvalue weighted by atomic mass is 10.1. The van der Waals surface area contributed by atoms with Gasteiger partial charge in [-0.1, -0.05) is 23.7 Å². The van der Waals surface area contributed by atoms with E-state index in [0.29, 0.717) is 10.6 Å². The first-order valence-corrected chi connectivity index (χ1v) is 8.96. The Labute approximate surface area is 156 Å². The number of nitrogens with one attached hydrogen (secondary N) is 2. The summed E-state index contributed by atoms with van der Waals surface area (Å²) in [6, 6.07) is 11.2. The van der Waals surface area contributed by atoms with E-state index in [1.165, 1.54) is 0 Å². The van der Waals surface area contributed by atoms with Crippen molar-refractivity contribution in [3.63, 3.8) is 0 Å². The van der Waals surface area contributed by atoms with E-state index in [9.17, 15) is 4.79 Å². The Morgan fingerprint density at radius 2 is 2.00 bits per heavy atom. The number of aromatic nitrogens is 2. The molecule has 0 radical (unpaired) electrons. The van der Waals surface area contributed by atoms with Gasteiger partial charge in [0.15, 0.2) is 0 Å². The van der Waals surface area contributed by atoms with Crippen LogP contribution >= 0.6 is 11.6 Å².